The molecule has 2 aliphatic carbocycles. The standard InChI is InChI=1S/C26H29BrF3N5O/c1-31-23-19-4-2-3-5-20(19)34-24(35-23)33-18-8-11-25(12-9-18)15-22(25)32-13-10-16-6-7-17(27)14-21(16)36-26(28,29)30/h2-7,14,18,22,32H,8-13,15H2,1H3,(H2,31,33,34,35)/t18?,22-,25?/m1/s1. The second kappa shape index (κ2) is 10.0. The van der Waals surface area contributed by atoms with Crippen molar-refractivity contribution >= 4 is 38.6 Å². The van der Waals surface area contributed by atoms with E-state index in [2.05, 4.69) is 41.6 Å². The molecule has 2 fully saturated rings. The number of ether oxygens (including phenoxy) is 1. The monoisotopic (exact) mass is 563 g/mol. The Hall–Kier alpha value is -2.59. The molecule has 1 atom stereocenters. The van der Waals surface area contributed by atoms with Gasteiger partial charge < -0.3 is 20.7 Å². The van der Waals surface area contributed by atoms with Gasteiger partial charge in [-0.25, -0.2) is 4.98 Å². The van der Waals surface area contributed by atoms with Crippen molar-refractivity contribution < 1.29 is 17.9 Å². The summed E-state index contributed by atoms with van der Waals surface area (Å²) in [5, 5.41) is 11.3. The number of hydrogen-bond donors (Lipinski definition) is 3. The second-order valence-electron chi connectivity index (χ2n) is 9.70. The Morgan fingerprint density at radius 3 is 2.64 bits per heavy atom. The van der Waals surface area contributed by atoms with Crippen LogP contribution in [0.1, 0.15) is 37.7 Å². The number of para-hydroxylation sites is 1. The van der Waals surface area contributed by atoms with Crippen molar-refractivity contribution in [3.63, 3.8) is 0 Å². The van der Waals surface area contributed by atoms with Crippen molar-refractivity contribution in [1.29, 1.82) is 0 Å². The Kier molecular flexibility index (Phi) is 7.00. The number of nitrogens with one attached hydrogen (secondary N) is 3. The molecular formula is C26H29BrF3N5O. The van der Waals surface area contributed by atoms with Crippen LogP contribution in [0.4, 0.5) is 24.9 Å². The lowest BCUT2D eigenvalue weighted by Crippen LogP contribution is -2.32. The predicted molar refractivity (Wildman–Crippen MR) is 138 cm³/mol. The van der Waals surface area contributed by atoms with Crippen LogP contribution < -0.4 is 20.7 Å². The van der Waals surface area contributed by atoms with Crippen LogP contribution in [0.2, 0.25) is 0 Å². The number of halogens is 4. The summed E-state index contributed by atoms with van der Waals surface area (Å²) in [6.45, 7) is 0.613. The molecule has 36 heavy (non-hydrogen) atoms. The molecule has 1 heterocycles. The first-order valence-corrected chi connectivity index (χ1v) is 13.0. The van der Waals surface area contributed by atoms with Gasteiger partial charge in [0.2, 0.25) is 5.95 Å². The maximum atomic E-state index is 12.8. The van der Waals surface area contributed by atoms with Crippen molar-refractivity contribution in [2.75, 3.05) is 24.2 Å². The minimum absolute atomic E-state index is 0.145. The first-order chi connectivity index (χ1) is 17.2. The van der Waals surface area contributed by atoms with E-state index in [0.29, 0.717) is 46.4 Å². The van der Waals surface area contributed by atoms with Crippen molar-refractivity contribution in [2.24, 2.45) is 5.41 Å². The van der Waals surface area contributed by atoms with Gasteiger partial charge in [0.05, 0.1) is 5.52 Å². The van der Waals surface area contributed by atoms with Crippen molar-refractivity contribution in [2.45, 2.75) is 57.0 Å². The van der Waals surface area contributed by atoms with Crippen molar-refractivity contribution in [1.82, 2.24) is 15.3 Å². The molecule has 10 heteroatoms. The highest BCUT2D eigenvalue weighted by Crippen LogP contribution is 2.56. The van der Waals surface area contributed by atoms with Gasteiger partial charge in [-0.2, -0.15) is 4.98 Å². The van der Waals surface area contributed by atoms with Gasteiger partial charge in [-0.1, -0.05) is 34.1 Å². The summed E-state index contributed by atoms with van der Waals surface area (Å²) >= 11 is 3.22. The fourth-order valence-corrected chi connectivity index (χ4v) is 5.72. The maximum absolute atomic E-state index is 12.8. The number of anilines is 2. The van der Waals surface area contributed by atoms with E-state index in [1.165, 1.54) is 6.07 Å². The molecule has 6 nitrogen and oxygen atoms in total. The molecule has 5 rings (SSSR count). The third kappa shape index (κ3) is 5.70. The summed E-state index contributed by atoms with van der Waals surface area (Å²) in [6, 6.07) is 13.5. The van der Waals surface area contributed by atoms with Crippen LogP contribution >= 0.6 is 15.9 Å². The smallest absolute Gasteiger partial charge is 0.405 e. The van der Waals surface area contributed by atoms with E-state index in [1.54, 1.807) is 12.1 Å². The second-order valence-corrected chi connectivity index (χ2v) is 10.6. The van der Waals surface area contributed by atoms with Crippen LogP contribution in [0.3, 0.4) is 0 Å². The van der Waals surface area contributed by atoms with Gasteiger partial charge in [-0.15, -0.1) is 13.2 Å². The number of nitrogens with zero attached hydrogens (tertiary/aromatic N) is 2. The molecule has 0 aliphatic heterocycles. The normalized spacial score (nSPS) is 23.6. The third-order valence-corrected chi connectivity index (χ3v) is 7.88. The van der Waals surface area contributed by atoms with Crippen LogP contribution in [-0.4, -0.2) is 42.0 Å². The summed E-state index contributed by atoms with van der Waals surface area (Å²) in [4.78, 5) is 9.35. The zero-order valence-corrected chi connectivity index (χ0v) is 21.5. The van der Waals surface area contributed by atoms with Crippen molar-refractivity contribution in [3.05, 3.63) is 52.5 Å². The number of alkyl halides is 3. The number of hydrogen-bond acceptors (Lipinski definition) is 6. The SMILES string of the molecule is CNc1nc(NC2CCC3(CC2)C[C@H]3NCCc2ccc(Br)cc2OC(F)(F)F)nc2ccccc12. The van der Waals surface area contributed by atoms with Gasteiger partial charge >= 0.3 is 6.36 Å². The summed E-state index contributed by atoms with van der Waals surface area (Å²) in [7, 11) is 1.87. The minimum Gasteiger partial charge on any atom is -0.405 e. The highest BCUT2D eigenvalue weighted by molar-refractivity contribution is 9.10. The highest BCUT2D eigenvalue weighted by Gasteiger charge is 2.54. The largest absolute Gasteiger partial charge is 0.573 e. The first-order valence-electron chi connectivity index (χ1n) is 12.2. The van der Waals surface area contributed by atoms with Crippen LogP contribution in [-0.2, 0) is 6.42 Å². The molecule has 0 unspecified atom stereocenters. The number of aromatic nitrogens is 2. The molecule has 3 aromatic rings. The molecular weight excluding hydrogens is 535 g/mol. The number of rotatable bonds is 8. The topological polar surface area (TPSA) is 71.1 Å². The Morgan fingerprint density at radius 1 is 1.11 bits per heavy atom. The van der Waals surface area contributed by atoms with Gasteiger partial charge in [0.15, 0.2) is 0 Å². The van der Waals surface area contributed by atoms with Crippen LogP contribution in [0.25, 0.3) is 10.9 Å². The molecule has 0 saturated heterocycles. The average molecular weight is 564 g/mol. The van der Waals surface area contributed by atoms with Crippen LogP contribution in [0.15, 0.2) is 46.9 Å². The Morgan fingerprint density at radius 2 is 1.89 bits per heavy atom. The molecule has 192 valence electrons. The van der Waals surface area contributed by atoms with E-state index in [-0.39, 0.29) is 5.75 Å². The van der Waals surface area contributed by atoms with E-state index >= 15 is 0 Å². The van der Waals surface area contributed by atoms with Crippen molar-refractivity contribution in [3.8, 4) is 5.75 Å². The lowest BCUT2D eigenvalue weighted by molar-refractivity contribution is -0.274. The fraction of sp³-hybridized carbons (Fsp3) is 0.462. The van der Waals surface area contributed by atoms with Gasteiger partial charge in [-0.3, -0.25) is 0 Å². The predicted octanol–water partition coefficient (Wildman–Crippen LogP) is 6.28. The Bertz CT molecular complexity index is 1230. The van der Waals surface area contributed by atoms with Gasteiger partial charge in [0.25, 0.3) is 0 Å². The Balaban J connectivity index is 1.12. The van der Waals surface area contributed by atoms with Gasteiger partial charge in [0.1, 0.15) is 11.6 Å². The molecule has 2 aromatic carbocycles. The number of fused-ring (bicyclic) bond motifs is 1. The highest BCUT2D eigenvalue weighted by atomic mass is 79.9. The molecule has 3 N–H and O–H groups in total. The van der Waals surface area contributed by atoms with Crippen LogP contribution in [0, 0.1) is 5.41 Å². The van der Waals surface area contributed by atoms with E-state index in [1.807, 2.05) is 31.3 Å². The summed E-state index contributed by atoms with van der Waals surface area (Å²) in [5.74, 6) is 1.32. The quantitative estimate of drug-likeness (QED) is 0.299. The lowest BCUT2D eigenvalue weighted by atomic mass is 9.83. The summed E-state index contributed by atoms with van der Waals surface area (Å²) in [6.07, 6.45) is 1.18. The van der Waals surface area contributed by atoms with Gasteiger partial charge in [0, 0.05) is 29.0 Å². The summed E-state index contributed by atoms with van der Waals surface area (Å²) in [5.41, 5.74) is 1.75. The summed E-state index contributed by atoms with van der Waals surface area (Å²) < 4.78 is 43.1. The van der Waals surface area contributed by atoms with E-state index < -0.39 is 6.36 Å². The molecule has 2 aliphatic rings. The molecule has 0 amide bonds. The van der Waals surface area contributed by atoms with E-state index in [4.69, 9.17) is 4.98 Å². The number of benzene rings is 2. The molecule has 1 aromatic heterocycles. The maximum Gasteiger partial charge on any atom is 0.573 e. The Labute approximate surface area is 216 Å². The zero-order valence-electron chi connectivity index (χ0n) is 20.0. The molecule has 0 radical (unpaired) electrons. The first kappa shape index (κ1) is 25.1. The molecule has 0 bridgehead atoms. The van der Waals surface area contributed by atoms with E-state index in [0.717, 1.165) is 48.8 Å². The molecule has 1 spiro atoms. The third-order valence-electron chi connectivity index (χ3n) is 7.38. The van der Waals surface area contributed by atoms with Gasteiger partial charge in [-0.05, 0) is 80.3 Å². The fourth-order valence-electron chi connectivity index (χ4n) is 5.38. The minimum atomic E-state index is -4.71. The lowest BCUT2D eigenvalue weighted by Gasteiger charge is -2.30. The molecule has 2 saturated carbocycles. The average Bonchev–Trinajstić information content (AvgIpc) is 3.52. The zero-order chi connectivity index (χ0) is 25.3. The van der Waals surface area contributed by atoms with E-state index in [9.17, 15) is 13.2 Å². The van der Waals surface area contributed by atoms with Crippen LogP contribution in [0.5, 0.6) is 5.75 Å².